The van der Waals surface area contributed by atoms with Crippen molar-refractivity contribution in [3.05, 3.63) is 35.1 Å². The maximum atomic E-state index is 12.7. The molecule has 1 rings (SSSR count). The number of rotatable bonds is 4. The fraction of sp³-hybridized carbons (Fsp3) is 0.400. The Balaban J connectivity index is 2.90. The molecule has 0 spiro atoms. The lowest BCUT2D eigenvalue weighted by molar-refractivity contribution is -0.138. The van der Waals surface area contributed by atoms with E-state index in [9.17, 15) is 17.6 Å². The SMILES string of the molecule is NCCNCc1ccc(F)cc1C(F)(F)F. The van der Waals surface area contributed by atoms with E-state index in [0.717, 1.165) is 12.1 Å². The lowest BCUT2D eigenvalue weighted by atomic mass is 10.1. The van der Waals surface area contributed by atoms with E-state index in [4.69, 9.17) is 5.73 Å². The van der Waals surface area contributed by atoms with E-state index in [1.807, 2.05) is 0 Å². The van der Waals surface area contributed by atoms with Crippen LogP contribution >= 0.6 is 0 Å². The van der Waals surface area contributed by atoms with E-state index >= 15 is 0 Å². The van der Waals surface area contributed by atoms with Crippen molar-refractivity contribution >= 4 is 0 Å². The third kappa shape index (κ3) is 3.46. The van der Waals surface area contributed by atoms with Gasteiger partial charge in [0.15, 0.2) is 0 Å². The molecule has 0 saturated heterocycles. The van der Waals surface area contributed by atoms with Crippen LogP contribution in [0.3, 0.4) is 0 Å². The Labute approximate surface area is 90.4 Å². The van der Waals surface area contributed by atoms with E-state index in [2.05, 4.69) is 5.32 Å². The smallest absolute Gasteiger partial charge is 0.329 e. The Kier molecular flexibility index (Phi) is 4.26. The third-order valence-corrected chi connectivity index (χ3v) is 2.01. The zero-order valence-electron chi connectivity index (χ0n) is 8.44. The largest absolute Gasteiger partial charge is 0.416 e. The Morgan fingerprint density at radius 3 is 2.50 bits per heavy atom. The highest BCUT2D eigenvalue weighted by Crippen LogP contribution is 2.32. The highest BCUT2D eigenvalue weighted by atomic mass is 19.4. The average molecular weight is 236 g/mol. The summed E-state index contributed by atoms with van der Waals surface area (Å²) in [5.74, 6) is -0.894. The molecule has 0 saturated carbocycles. The normalized spacial score (nSPS) is 11.8. The molecule has 90 valence electrons. The third-order valence-electron chi connectivity index (χ3n) is 2.01. The van der Waals surface area contributed by atoms with Crippen molar-refractivity contribution in [3.8, 4) is 0 Å². The van der Waals surface area contributed by atoms with Crippen molar-refractivity contribution in [3.63, 3.8) is 0 Å². The van der Waals surface area contributed by atoms with Gasteiger partial charge in [-0.2, -0.15) is 13.2 Å². The van der Waals surface area contributed by atoms with Crippen LogP contribution in [0.15, 0.2) is 18.2 Å². The monoisotopic (exact) mass is 236 g/mol. The number of halogens is 4. The van der Waals surface area contributed by atoms with Gasteiger partial charge in [-0.3, -0.25) is 0 Å². The molecular formula is C10H12F4N2. The molecule has 0 aliphatic rings. The van der Waals surface area contributed by atoms with Crippen LogP contribution in [0, 0.1) is 5.82 Å². The Bertz CT molecular complexity index is 349. The van der Waals surface area contributed by atoms with Gasteiger partial charge < -0.3 is 11.1 Å². The molecule has 0 aliphatic heterocycles. The van der Waals surface area contributed by atoms with Crippen molar-refractivity contribution in [2.24, 2.45) is 5.73 Å². The van der Waals surface area contributed by atoms with Gasteiger partial charge in [-0.1, -0.05) is 6.07 Å². The zero-order chi connectivity index (χ0) is 12.2. The lowest BCUT2D eigenvalue weighted by Gasteiger charge is -2.13. The molecule has 0 aromatic heterocycles. The van der Waals surface area contributed by atoms with Crippen LogP contribution in [0.4, 0.5) is 17.6 Å². The van der Waals surface area contributed by atoms with Gasteiger partial charge in [-0.15, -0.1) is 0 Å². The molecule has 0 amide bonds. The molecule has 0 heterocycles. The van der Waals surface area contributed by atoms with Crippen LogP contribution in [-0.2, 0) is 12.7 Å². The topological polar surface area (TPSA) is 38.0 Å². The predicted octanol–water partition coefficient (Wildman–Crippen LogP) is 1.89. The maximum absolute atomic E-state index is 12.7. The Morgan fingerprint density at radius 1 is 1.25 bits per heavy atom. The summed E-state index contributed by atoms with van der Waals surface area (Å²) in [6, 6.07) is 2.63. The second-order valence-electron chi connectivity index (χ2n) is 3.26. The van der Waals surface area contributed by atoms with Crippen LogP contribution in [0.1, 0.15) is 11.1 Å². The minimum Gasteiger partial charge on any atom is -0.329 e. The van der Waals surface area contributed by atoms with Crippen LogP contribution in [0.2, 0.25) is 0 Å². The van der Waals surface area contributed by atoms with Gasteiger partial charge in [-0.05, 0) is 17.7 Å². The maximum Gasteiger partial charge on any atom is 0.416 e. The fourth-order valence-electron chi connectivity index (χ4n) is 1.29. The predicted molar refractivity (Wildman–Crippen MR) is 52.2 cm³/mol. The summed E-state index contributed by atoms with van der Waals surface area (Å²) in [4.78, 5) is 0. The summed E-state index contributed by atoms with van der Waals surface area (Å²) in [5.41, 5.74) is 4.26. The number of nitrogens with two attached hydrogens (primary N) is 1. The first kappa shape index (κ1) is 12.9. The van der Waals surface area contributed by atoms with E-state index in [1.54, 1.807) is 0 Å². The highest BCUT2D eigenvalue weighted by Gasteiger charge is 2.33. The number of hydrogen-bond acceptors (Lipinski definition) is 2. The van der Waals surface area contributed by atoms with Crippen LogP contribution < -0.4 is 11.1 Å². The number of alkyl halides is 3. The van der Waals surface area contributed by atoms with E-state index in [0.29, 0.717) is 19.2 Å². The van der Waals surface area contributed by atoms with Gasteiger partial charge in [0.05, 0.1) is 5.56 Å². The molecule has 2 nitrogen and oxygen atoms in total. The molecular weight excluding hydrogens is 224 g/mol. The van der Waals surface area contributed by atoms with Crippen LogP contribution in [0.25, 0.3) is 0 Å². The second-order valence-corrected chi connectivity index (χ2v) is 3.26. The first-order valence-electron chi connectivity index (χ1n) is 4.71. The second kappa shape index (κ2) is 5.27. The number of nitrogens with one attached hydrogen (secondary N) is 1. The Hall–Kier alpha value is -1.14. The van der Waals surface area contributed by atoms with Crippen molar-refractivity contribution in [2.45, 2.75) is 12.7 Å². The quantitative estimate of drug-likeness (QED) is 0.619. The molecule has 6 heteroatoms. The van der Waals surface area contributed by atoms with Gasteiger partial charge in [0.25, 0.3) is 0 Å². The van der Waals surface area contributed by atoms with Crippen LogP contribution in [-0.4, -0.2) is 13.1 Å². The van der Waals surface area contributed by atoms with Crippen molar-refractivity contribution in [1.82, 2.24) is 5.32 Å². The first-order valence-corrected chi connectivity index (χ1v) is 4.71. The molecule has 16 heavy (non-hydrogen) atoms. The standard InChI is InChI=1S/C10H12F4N2/c11-8-2-1-7(6-16-4-3-15)9(5-8)10(12,13)14/h1-2,5,16H,3-4,6,15H2. The molecule has 0 bridgehead atoms. The van der Waals surface area contributed by atoms with Gasteiger partial charge in [-0.25, -0.2) is 4.39 Å². The highest BCUT2D eigenvalue weighted by molar-refractivity contribution is 5.30. The van der Waals surface area contributed by atoms with E-state index < -0.39 is 17.6 Å². The summed E-state index contributed by atoms with van der Waals surface area (Å²) < 4.78 is 50.3. The van der Waals surface area contributed by atoms with Gasteiger partial charge >= 0.3 is 6.18 Å². The molecule has 0 radical (unpaired) electrons. The summed E-state index contributed by atoms with van der Waals surface area (Å²) in [6.45, 7) is 0.767. The van der Waals surface area contributed by atoms with Crippen molar-refractivity contribution < 1.29 is 17.6 Å². The number of hydrogen-bond donors (Lipinski definition) is 2. The first-order chi connectivity index (χ1) is 7.45. The van der Waals surface area contributed by atoms with Crippen molar-refractivity contribution in [2.75, 3.05) is 13.1 Å². The Morgan fingerprint density at radius 2 is 1.94 bits per heavy atom. The molecule has 1 aromatic carbocycles. The molecule has 0 atom stereocenters. The van der Waals surface area contributed by atoms with Crippen molar-refractivity contribution in [1.29, 1.82) is 0 Å². The number of benzene rings is 1. The fourth-order valence-corrected chi connectivity index (χ4v) is 1.29. The minimum absolute atomic E-state index is 0.0161. The molecule has 0 fully saturated rings. The van der Waals surface area contributed by atoms with E-state index in [-0.39, 0.29) is 12.1 Å². The summed E-state index contributed by atoms with van der Waals surface area (Å²) in [7, 11) is 0. The van der Waals surface area contributed by atoms with E-state index in [1.165, 1.54) is 0 Å². The molecule has 0 aliphatic carbocycles. The van der Waals surface area contributed by atoms with Gasteiger partial charge in [0.2, 0.25) is 0 Å². The zero-order valence-corrected chi connectivity index (χ0v) is 8.44. The molecule has 3 N–H and O–H groups in total. The summed E-state index contributed by atoms with van der Waals surface area (Å²) in [6.07, 6.45) is -4.54. The van der Waals surface area contributed by atoms with Gasteiger partial charge in [0.1, 0.15) is 5.82 Å². The molecule has 0 unspecified atom stereocenters. The summed E-state index contributed by atoms with van der Waals surface area (Å²) in [5, 5.41) is 2.74. The summed E-state index contributed by atoms with van der Waals surface area (Å²) >= 11 is 0. The lowest BCUT2D eigenvalue weighted by Crippen LogP contribution is -2.23. The molecule has 1 aromatic rings. The average Bonchev–Trinajstić information content (AvgIpc) is 2.19. The van der Waals surface area contributed by atoms with Crippen LogP contribution in [0.5, 0.6) is 0 Å². The van der Waals surface area contributed by atoms with Gasteiger partial charge in [0, 0.05) is 19.6 Å². The minimum atomic E-state index is -4.54.